The Bertz CT molecular complexity index is 1100. The van der Waals surface area contributed by atoms with Crippen molar-refractivity contribution in [3.05, 3.63) is 92.5 Å². The van der Waals surface area contributed by atoms with Gasteiger partial charge in [-0.3, -0.25) is 25.2 Å². The molecule has 0 fully saturated rings. The van der Waals surface area contributed by atoms with Crippen LogP contribution in [0.3, 0.4) is 0 Å². The van der Waals surface area contributed by atoms with E-state index in [0.29, 0.717) is 23.6 Å². The molecule has 9 heteroatoms. The van der Waals surface area contributed by atoms with E-state index in [2.05, 4.69) is 4.99 Å². The van der Waals surface area contributed by atoms with E-state index in [1.807, 2.05) is 6.92 Å². The molecule has 152 valence electrons. The molecule has 3 rings (SSSR count). The Morgan fingerprint density at radius 2 is 1.67 bits per heavy atom. The van der Waals surface area contributed by atoms with Gasteiger partial charge in [-0.1, -0.05) is 12.1 Å². The van der Waals surface area contributed by atoms with Gasteiger partial charge in [0.15, 0.2) is 0 Å². The van der Waals surface area contributed by atoms with Crippen LogP contribution in [0.4, 0.5) is 17.1 Å². The zero-order valence-corrected chi connectivity index (χ0v) is 15.9. The van der Waals surface area contributed by atoms with Gasteiger partial charge in [-0.25, -0.2) is 0 Å². The van der Waals surface area contributed by atoms with E-state index in [1.165, 1.54) is 6.07 Å². The van der Waals surface area contributed by atoms with Gasteiger partial charge in [-0.15, -0.1) is 0 Å². The highest BCUT2D eigenvalue weighted by Gasteiger charge is 2.21. The second-order valence-corrected chi connectivity index (χ2v) is 5.99. The molecule has 3 aromatic carbocycles. The predicted octanol–water partition coefficient (Wildman–Crippen LogP) is 5.44. The van der Waals surface area contributed by atoms with Crippen LogP contribution in [0.15, 0.2) is 71.7 Å². The fourth-order valence-electron chi connectivity index (χ4n) is 2.59. The Balaban J connectivity index is 1.87. The molecule has 0 spiro atoms. The van der Waals surface area contributed by atoms with E-state index >= 15 is 0 Å². The fourth-order valence-corrected chi connectivity index (χ4v) is 2.59. The van der Waals surface area contributed by atoms with E-state index < -0.39 is 15.5 Å². The number of para-hydroxylation sites is 1. The van der Waals surface area contributed by atoms with Gasteiger partial charge in [0.1, 0.15) is 11.5 Å². The lowest BCUT2D eigenvalue weighted by Gasteiger charge is -2.09. The van der Waals surface area contributed by atoms with Gasteiger partial charge in [0.2, 0.25) is 5.75 Å². The Kier molecular flexibility index (Phi) is 6.33. The lowest BCUT2D eigenvalue weighted by Crippen LogP contribution is -1.97. The number of nitrogens with zero attached hydrogens (tertiary/aromatic N) is 3. The maximum Gasteiger partial charge on any atom is 0.318 e. The topological polar surface area (TPSA) is 117 Å². The van der Waals surface area contributed by atoms with E-state index in [-0.39, 0.29) is 11.4 Å². The van der Waals surface area contributed by atoms with Crippen molar-refractivity contribution < 1.29 is 19.3 Å². The normalized spacial score (nSPS) is 10.7. The van der Waals surface area contributed by atoms with Gasteiger partial charge >= 0.3 is 5.69 Å². The maximum atomic E-state index is 11.3. The Labute approximate surface area is 171 Å². The first-order chi connectivity index (χ1) is 14.5. The van der Waals surface area contributed by atoms with Crippen LogP contribution in [0.5, 0.6) is 17.2 Å². The predicted molar refractivity (Wildman–Crippen MR) is 111 cm³/mol. The van der Waals surface area contributed by atoms with Crippen LogP contribution in [0.25, 0.3) is 0 Å². The largest absolute Gasteiger partial charge is 0.494 e. The first-order valence-corrected chi connectivity index (χ1v) is 8.94. The number of nitro groups is 2. The molecule has 0 saturated carbocycles. The molecule has 0 amide bonds. The number of non-ortho nitro benzene ring substituents is 1. The smallest absolute Gasteiger partial charge is 0.318 e. The van der Waals surface area contributed by atoms with Crippen molar-refractivity contribution in [3.8, 4) is 17.2 Å². The summed E-state index contributed by atoms with van der Waals surface area (Å²) in [5.74, 6) is 0.960. The van der Waals surface area contributed by atoms with Gasteiger partial charge in [0, 0.05) is 17.8 Å². The average Bonchev–Trinajstić information content (AvgIpc) is 2.74. The number of rotatable bonds is 8. The lowest BCUT2D eigenvalue weighted by molar-refractivity contribution is -0.394. The molecule has 0 unspecified atom stereocenters. The number of hydrogen-bond acceptors (Lipinski definition) is 7. The van der Waals surface area contributed by atoms with Crippen molar-refractivity contribution >= 4 is 23.3 Å². The van der Waals surface area contributed by atoms with Crippen molar-refractivity contribution in [3.63, 3.8) is 0 Å². The first kappa shape index (κ1) is 20.5. The van der Waals surface area contributed by atoms with Crippen LogP contribution in [-0.2, 0) is 0 Å². The second kappa shape index (κ2) is 9.28. The number of nitro benzene ring substituents is 2. The van der Waals surface area contributed by atoms with Crippen LogP contribution < -0.4 is 9.47 Å². The molecular weight excluding hydrogens is 390 g/mol. The van der Waals surface area contributed by atoms with Crippen LogP contribution in [0, 0.1) is 20.2 Å². The summed E-state index contributed by atoms with van der Waals surface area (Å²) in [5, 5.41) is 22.2. The molecule has 0 bridgehead atoms. The van der Waals surface area contributed by atoms with Crippen molar-refractivity contribution in [2.24, 2.45) is 4.99 Å². The van der Waals surface area contributed by atoms with E-state index in [0.717, 1.165) is 17.9 Å². The molecule has 0 aliphatic rings. The van der Waals surface area contributed by atoms with Crippen molar-refractivity contribution in [1.82, 2.24) is 0 Å². The van der Waals surface area contributed by atoms with Gasteiger partial charge in [0.25, 0.3) is 5.69 Å². The minimum Gasteiger partial charge on any atom is -0.494 e. The summed E-state index contributed by atoms with van der Waals surface area (Å²) >= 11 is 0. The quantitative estimate of drug-likeness (QED) is 0.279. The fraction of sp³-hybridized carbons (Fsp3) is 0.0952. The van der Waals surface area contributed by atoms with Gasteiger partial charge in [0.05, 0.1) is 28.2 Å². The first-order valence-electron chi connectivity index (χ1n) is 8.94. The molecule has 0 heterocycles. The molecule has 30 heavy (non-hydrogen) atoms. The summed E-state index contributed by atoms with van der Waals surface area (Å²) in [5.41, 5.74) is 0.385. The van der Waals surface area contributed by atoms with E-state index in [1.54, 1.807) is 54.7 Å². The van der Waals surface area contributed by atoms with E-state index in [9.17, 15) is 20.2 Å². The van der Waals surface area contributed by atoms with Crippen LogP contribution in [0.2, 0.25) is 0 Å². The molecule has 0 aromatic heterocycles. The minimum absolute atomic E-state index is 0.104. The standard InChI is InChI=1S/C21H17N3O6/c1-2-29-18-10-7-16(8-11-18)22-14-15-5-3-4-6-20(15)30-21-12-9-17(23(25)26)13-19(21)24(27)28/h3-14H,2H2,1H3. The molecule has 0 saturated heterocycles. The SMILES string of the molecule is CCOc1ccc(N=Cc2ccccc2Oc2ccc([N+](=O)[O-])cc2[N+](=O)[O-])cc1. The summed E-state index contributed by atoms with van der Waals surface area (Å²) in [6.07, 6.45) is 1.57. The third-order valence-electron chi connectivity index (χ3n) is 3.99. The van der Waals surface area contributed by atoms with Gasteiger partial charge < -0.3 is 9.47 Å². The van der Waals surface area contributed by atoms with Crippen molar-refractivity contribution in [2.75, 3.05) is 6.61 Å². The number of ether oxygens (including phenoxy) is 2. The average molecular weight is 407 g/mol. The highest BCUT2D eigenvalue weighted by atomic mass is 16.6. The zero-order chi connectivity index (χ0) is 21.5. The molecule has 3 aromatic rings. The van der Waals surface area contributed by atoms with Crippen LogP contribution in [0.1, 0.15) is 12.5 Å². The molecule has 9 nitrogen and oxygen atoms in total. The van der Waals surface area contributed by atoms with Crippen LogP contribution in [-0.4, -0.2) is 22.7 Å². The minimum atomic E-state index is -0.723. The lowest BCUT2D eigenvalue weighted by atomic mass is 10.2. The number of aliphatic imine (C=N–C) groups is 1. The zero-order valence-electron chi connectivity index (χ0n) is 15.9. The summed E-state index contributed by atoms with van der Waals surface area (Å²) in [6, 6.07) is 17.3. The highest BCUT2D eigenvalue weighted by molar-refractivity contribution is 5.85. The molecule has 0 aliphatic carbocycles. The maximum absolute atomic E-state index is 11.3. The van der Waals surface area contributed by atoms with Crippen LogP contribution >= 0.6 is 0 Å². The van der Waals surface area contributed by atoms with E-state index in [4.69, 9.17) is 9.47 Å². The molecule has 0 radical (unpaired) electrons. The second-order valence-electron chi connectivity index (χ2n) is 5.99. The van der Waals surface area contributed by atoms with Crippen molar-refractivity contribution in [1.29, 1.82) is 0 Å². The van der Waals surface area contributed by atoms with Gasteiger partial charge in [-0.05, 0) is 49.4 Å². The molecule has 0 atom stereocenters. The Morgan fingerprint density at radius 3 is 2.33 bits per heavy atom. The summed E-state index contributed by atoms with van der Waals surface area (Å²) in [6.45, 7) is 2.47. The van der Waals surface area contributed by atoms with Gasteiger partial charge in [-0.2, -0.15) is 0 Å². The molecule has 0 N–H and O–H groups in total. The third-order valence-corrected chi connectivity index (χ3v) is 3.99. The molecular formula is C21H17N3O6. The molecule has 0 aliphatic heterocycles. The monoisotopic (exact) mass is 407 g/mol. The number of benzene rings is 3. The Hall–Kier alpha value is -4.27. The number of hydrogen-bond donors (Lipinski definition) is 0. The summed E-state index contributed by atoms with van der Waals surface area (Å²) in [4.78, 5) is 25.2. The summed E-state index contributed by atoms with van der Waals surface area (Å²) < 4.78 is 11.1. The highest BCUT2D eigenvalue weighted by Crippen LogP contribution is 2.35. The summed E-state index contributed by atoms with van der Waals surface area (Å²) in [7, 11) is 0. The third kappa shape index (κ3) is 4.96. The van der Waals surface area contributed by atoms with Crippen molar-refractivity contribution in [2.45, 2.75) is 6.92 Å². The Morgan fingerprint density at radius 1 is 0.933 bits per heavy atom.